The fourth-order valence-electron chi connectivity index (χ4n) is 3.62. The van der Waals surface area contributed by atoms with E-state index in [1.54, 1.807) is 11.1 Å². The zero-order valence-corrected chi connectivity index (χ0v) is 10.7. The molecule has 0 N–H and O–H groups in total. The van der Waals surface area contributed by atoms with Gasteiger partial charge in [-0.2, -0.15) is 0 Å². The molecule has 2 bridgehead atoms. The van der Waals surface area contributed by atoms with Gasteiger partial charge in [-0.15, -0.1) is 0 Å². The molecule has 0 aliphatic carbocycles. The standard InChI is InChI=1S/C15H21N/c1-9(2)16-14-5-6-15(16)13-8-11(4)10(3)7-12(13)14/h7-9,14-15H,5-6H2,1-4H3. The van der Waals surface area contributed by atoms with Gasteiger partial charge in [-0.05, 0) is 62.8 Å². The first kappa shape index (κ1) is 10.3. The molecule has 3 rings (SSSR count). The summed E-state index contributed by atoms with van der Waals surface area (Å²) in [6, 6.07) is 6.96. The van der Waals surface area contributed by atoms with Gasteiger partial charge in [-0.25, -0.2) is 0 Å². The number of hydrogen-bond donors (Lipinski definition) is 0. The van der Waals surface area contributed by atoms with Crippen LogP contribution in [0.15, 0.2) is 12.1 Å². The van der Waals surface area contributed by atoms with Crippen molar-refractivity contribution >= 4 is 0 Å². The lowest BCUT2D eigenvalue weighted by Crippen LogP contribution is -2.27. The van der Waals surface area contributed by atoms with Gasteiger partial charge in [0, 0.05) is 18.1 Å². The van der Waals surface area contributed by atoms with Crippen LogP contribution >= 0.6 is 0 Å². The Bertz CT molecular complexity index is 396. The highest BCUT2D eigenvalue weighted by Crippen LogP contribution is 2.54. The zero-order valence-electron chi connectivity index (χ0n) is 10.7. The smallest absolute Gasteiger partial charge is 0.0361 e. The zero-order chi connectivity index (χ0) is 11.4. The molecule has 1 aromatic carbocycles. The van der Waals surface area contributed by atoms with Crippen molar-refractivity contribution < 1.29 is 0 Å². The Labute approximate surface area is 98.5 Å². The molecule has 1 fully saturated rings. The first-order valence-electron chi connectivity index (χ1n) is 6.48. The maximum atomic E-state index is 2.71. The van der Waals surface area contributed by atoms with E-state index in [1.807, 2.05) is 0 Å². The molecule has 2 heterocycles. The number of fused-ring (bicyclic) bond motifs is 5. The van der Waals surface area contributed by atoms with E-state index in [9.17, 15) is 0 Å². The van der Waals surface area contributed by atoms with Crippen LogP contribution in [0.5, 0.6) is 0 Å². The molecule has 1 heteroatoms. The maximum Gasteiger partial charge on any atom is 0.0361 e. The molecule has 1 nitrogen and oxygen atoms in total. The molecule has 2 atom stereocenters. The van der Waals surface area contributed by atoms with Crippen molar-refractivity contribution in [3.63, 3.8) is 0 Å². The van der Waals surface area contributed by atoms with E-state index in [0.717, 1.165) is 0 Å². The number of nitrogens with zero attached hydrogens (tertiary/aromatic N) is 1. The van der Waals surface area contributed by atoms with Crippen molar-refractivity contribution in [3.05, 3.63) is 34.4 Å². The van der Waals surface area contributed by atoms with Gasteiger partial charge in [0.2, 0.25) is 0 Å². The molecule has 0 radical (unpaired) electrons. The third-order valence-corrected chi connectivity index (χ3v) is 4.45. The lowest BCUT2D eigenvalue weighted by atomic mass is 9.89. The van der Waals surface area contributed by atoms with Gasteiger partial charge in [0.05, 0.1) is 0 Å². The predicted molar refractivity (Wildman–Crippen MR) is 67.6 cm³/mol. The minimum atomic E-state index is 0.672. The van der Waals surface area contributed by atoms with Crippen molar-refractivity contribution in [1.82, 2.24) is 4.90 Å². The third-order valence-electron chi connectivity index (χ3n) is 4.45. The monoisotopic (exact) mass is 215 g/mol. The summed E-state index contributed by atoms with van der Waals surface area (Å²) in [7, 11) is 0. The number of aryl methyl sites for hydroxylation is 2. The van der Waals surface area contributed by atoms with E-state index >= 15 is 0 Å². The Morgan fingerprint density at radius 3 is 1.81 bits per heavy atom. The van der Waals surface area contributed by atoms with Crippen molar-refractivity contribution in [2.24, 2.45) is 0 Å². The summed E-state index contributed by atoms with van der Waals surface area (Å²) in [6.45, 7) is 9.14. The van der Waals surface area contributed by atoms with Gasteiger partial charge in [0.15, 0.2) is 0 Å². The quantitative estimate of drug-likeness (QED) is 0.686. The van der Waals surface area contributed by atoms with E-state index in [2.05, 4.69) is 44.7 Å². The summed E-state index contributed by atoms with van der Waals surface area (Å²) in [5, 5.41) is 0. The van der Waals surface area contributed by atoms with E-state index in [1.165, 1.54) is 24.0 Å². The van der Waals surface area contributed by atoms with Gasteiger partial charge in [0.25, 0.3) is 0 Å². The second-order valence-corrected chi connectivity index (χ2v) is 5.72. The summed E-state index contributed by atoms with van der Waals surface area (Å²) in [5.41, 5.74) is 6.14. The van der Waals surface area contributed by atoms with Gasteiger partial charge in [-0.3, -0.25) is 4.90 Å². The molecule has 1 saturated heterocycles. The van der Waals surface area contributed by atoms with Crippen molar-refractivity contribution in [2.45, 2.75) is 58.7 Å². The van der Waals surface area contributed by atoms with E-state index < -0.39 is 0 Å². The lowest BCUT2D eigenvalue weighted by molar-refractivity contribution is 0.174. The second-order valence-electron chi connectivity index (χ2n) is 5.72. The number of rotatable bonds is 1. The van der Waals surface area contributed by atoms with Crippen LogP contribution in [0.25, 0.3) is 0 Å². The molecule has 2 aliphatic rings. The van der Waals surface area contributed by atoms with Crippen LogP contribution in [-0.2, 0) is 0 Å². The predicted octanol–water partition coefficient (Wildman–Crippen LogP) is 3.90. The fourth-order valence-corrected chi connectivity index (χ4v) is 3.62. The largest absolute Gasteiger partial charge is 0.287 e. The molecular formula is C15H21N. The molecule has 86 valence electrons. The molecule has 0 amide bonds. The van der Waals surface area contributed by atoms with Crippen LogP contribution in [0.1, 0.15) is 61.0 Å². The fraction of sp³-hybridized carbons (Fsp3) is 0.600. The summed E-state index contributed by atoms with van der Waals surface area (Å²) in [4.78, 5) is 2.71. The Kier molecular flexibility index (Phi) is 2.16. The van der Waals surface area contributed by atoms with Gasteiger partial charge in [-0.1, -0.05) is 12.1 Å². The first-order valence-corrected chi connectivity index (χ1v) is 6.48. The molecule has 0 spiro atoms. The number of benzene rings is 1. The third kappa shape index (κ3) is 1.21. The topological polar surface area (TPSA) is 3.24 Å². The highest BCUT2D eigenvalue weighted by Gasteiger charge is 2.44. The average Bonchev–Trinajstić information content (AvgIpc) is 2.75. The maximum absolute atomic E-state index is 2.71. The average molecular weight is 215 g/mol. The van der Waals surface area contributed by atoms with Crippen LogP contribution < -0.4 is 0 Å². The molecule has 0 aromatic heterocycles. The molecule has 0 saturated carbocycles. The number of hydrogen-bond acceptors (Lipinski definition) is 1. The summed E-state index contributed by atoms with van der Waals surface area (Å²) < 4.78 is 0. The molecule has 16 heavy (non-hydrogen) atoms. The highest BCUT2D eigenvalue weighted by atomic mass is 15.3. The van der Waals surface area contributed by atoms with Crippen LogP contribution in [0.2, 0.25) is 0 Å². The van der Waals surface area contributed by atoms with Crippen molar-refractivity contribution in [2.75, 3.05) is 0 Å². The molecule has 2 aliphatic heterocycles. The van der Waals surface area contributed by atoms with Crippen molar-refractivity contribution in [1.29, 1.82) is 0 Å². The SMILES string of the molecule is Cc1cc2c(cc1C)C1CCC2N1C(C)C. The summed E-state index contributed by atoms with van der Waals surface area (Å²) in [5.74, 6) is 0. The second kappa shape index (κ2) is 3.33. The van der Waals surface area contributed by atoms with Crippen molar-refractivity contribution in [3.8, 4) is 0 Å². The normalized spacial score (nSPS) is 27.8. The van der Waals surface area contributed by atoms with E-state index in [-0.39, 0.29) is 0 Å². The van der Waals surface area contributed by atoms with E-state index in [0.29, 0.717) is 18.1 Å². The van der Waals surface area contributed by atoms with Gasteiger partial charge >= 0.3 is 0 Å². The van der Waals surface area contributed by atoms with Gasteiger partial charge in [0.1, 0.15) is 0 Å². The highest BCUT2D eigenvalue weighted by molar-refractivity contribution is 5.45. The molecule has 1 aromatic rings. The molecule has 2 unspecified atom stereocenters. The Hall–Kier alpha value is -0.820. The van der Waals surface area contributed by atoms with Crippen LogP contribution in [-0.4, -0.2) is 10.9 Å². The Morgan fingerprint density at radius 2 is 1.44 bits per heavy atom. The molecular weight excluding hydrogens is 194 g/mol. The van der Waals surface area contributed by atoms with Crippen LogP contribution in [0.4, 0.5) is 0 Å². The van der Waals surface area contributed by atoms with Crippen LogP contribution in [0, 0.1) is 13.8 Å². The summed E-state index contributed by atoms with van der Waals surface area (Å²) >= 11 is 0. The minimum Gasteiger partial charge on any atom is -0.287 e. The summed E-state index contributed by atoms with van der Waals surface area (Å²) in [6.07, 6.45) is 2.72. The Balaban J connectivity index is 2.12. The van der Waals surface area contributed by atoms with E-state index in [4.69, 9.17) is 0 Å². The minimum absolute atomic E-state index is 0.672. The Morgan fingerprint density at radius 1 is 1.00 bits per heavy atom. The lowest BCUT2D eigenvalue weighted by Gasteiger charge is -2.26. The first-order chi connectivity index (χ1) is 7.59. The van der Waals surface area contributed by atoms with Crippen LogP contribution in [0.3, 0.4) is 0 Å². The van der Waals surface area contributed by atoms with Gasteiger partial charge < -0.3 is 0 Å².